The first-order valence-electron chi connectivity index (χ1n) is 5.66. The van der Waals surface area contributed by atoms with Crippen LogP contribution >= 0.6 is 27.3 Å². The van der Waals surface area contributed by atoms with E-state index in [9.17, 15) is 13.2 Å². The number of carbonyl (C=O) groups is 1. The third-order valence-corrected chi connectivity index (χ3v) is 5.92. The highest BCUT2D eigenvalue weighted by atomic mass is 79.9. The van der Waals surface area contributed by atoms with Gasteiger partial charge in [-0.15, -0.1) is 11.3 Å². The van der Waals surface area contributed by atoms with Crippen molar-refractivity contribution in [3.05, 3.63) is 39.4 Å². The van der Waals surface area contributed by atoms with Crippen LogP contribution in [0.15, 0.2) is 32.4 Å². The zero-order valence-electron chi connectivity index (χ0n) is 11.1. The van der Waals surface area contributed by atoms with Gasteiger partial charge in [0.1, 0.15) is 0 Å². The van der Waals surface area contributed by atoms with Crippen molar-refractivity contribution < 1.29 is 17.9 Å². The molecule has 2 rings (SSSR count). The number of methoxy groups -OCH3 is 1. The molecule has 0 aliphatic heterocycles. The fourth-order valence-corrected chi connectivity index (χ4v) is 4.49. The number of rotatable bonds is 4. The van der Waals surface area contributed by atoms with Crippen molar-refractivity contribution in [3.8, 4) is 0 Å². The largest absolute Gasteiger partial charge is 0.464 e. The lowest BCUT2D eigenvalue weighted by Gasteiger charge is -2.09. The van der Waals surface area contributed by atoms with Gasteiger partial charge in [-0.3, -0.25) is 4.72 Å². The summed E-state index contributed by atoms with van der Waals surface area (Å²) in [6, 6.07) is 5.19. The molecule has 1 heterocycles. The van der Waals surface area contributed by atoms with Crippen LogP contribution in [0.2, 0.25) is 0 Å². The number of nitrogens with one attached hydrogen (secondary N) is 1. The second-order valence-corrected chi connectivity index (χ2v) is 7.66. The highest BCUT2D eigenvalue weighted by molar-refractivity contribution is 9.10. The van der Waals surface area contributed by atoms with Gasteiger partial charge in [0.05, 0.1) is 18.3 Å². The number of esters is 1. The minimum Gasteiger partial charge on any atom is -0.464 e. The molecule has 0 spiro atoms. The average Bonchev–Trinajstić information content (AvgIpc) is 2.91. The molecule has 0 atom stereocenters. The van der Waals surface area contributed by atoms with Crippen LogP contribution in [0.4, 0.5) is 5.69 Å². The Kier molecular flexibility index (Phi) is 4.64. The third kappa shape index (κ3) is 3.42. The first kappa shape index (κ1) is 15.9. The van der Waals surface area contributed by atoms with Gasteiger partial charge < -0.3 is 4.74 Å². The van der Waals surface area contributed by atoms with E-state index in [0.717, 1.165) is 16.9 Å². The molecule has 9 heteroatoms. The minimum atomic E-state index is -3.92. The Morgan fingerprint density at radius 3 is 2.76 bits per heavy atom. The van der Waals surface area contributed by atoms with E-state index in [2.05, 4.69) is 30.4 Å². The van der Waals surface area contributed by atoms with Crippen molar-refractivity contribution in [3.63, 3.8) is 0 Å². The van der Waals surface area contributed by atoms with Crippen LogP contribution in [0, 0.1) is 6.92 Å². The SMILES string of the molecule is COC(=O)c1ncsc1S(=O)(=O)Nc1ccc(C)cc1Br. The van der Waals surface area contributed by atoms with E-state index in [1.54, 1.807) is 18.2 Å². The molecule has 6 nitrogen and oxygen atoms in total. The molecule has 0 aliphatic rings. The van der Waals surface area contributed by atoms with Crippen molar-refractivity contribution in [1.29, 1.82) is 0 Å². The second-order valence-electron chi connectivity index (χ2n) is 4.07. The van der Waals surface area contributed by atoms with Crippen molar-refractivity contribution in [2.24, 2.45) is 0 Å². The molecule has 0 unspecified atom stereocenters. The lowest BCUT2D eigenvalue weighted by molar-refractivity contribution is 0.0590. The van der Waals surface area contributed by atoms with Gasteiger partial charge in [-0.25, -0.2) is 18.2 Å². The molecular weight excluding hydrogens is 380 g/mol. The number of aryl methyl sites for hydroxylation is 1. The number of sulfonamides is 1. The molecule has 0 fully saturated rings. The Balaban J connectivity index is 2.39. The predicted octanol–water partition coefficient (Wildman–Crippen LogP) is 2.80. The smallest absolute Gasteiger partial charge is 0.358 e. The standard InChI is InChI=1S/C12H11BrN2O4S2/c1-7-3-4-9(8(13)5-7)15-21(17,18)12-10(11(16)19-2)14-6-20-12/h3-6,15H,1-2H3. The molecule has 0 saturated carbocycles. The Labute approximate surface area is 134 Å². The third-order valence-electron chi connectivity index (χ3n) is 2.53. The lowest BCUT2D eigenvalue weighted by atomic mass is 10.2. The summed E-state index contributed by atoms with van der Waals surface area (Å²) in [5, 5.41) is 0. The van der Waals surface area contributed by atoms with Crippen molar-refractivity contribution in [1.82, 2.24) is 4.98 Å². The van der Waals surface area contributed by atoms with Crippen LogP contribution in [0.3, 0.4) is 0 Å². The number of hydrogen-bond donors (Lipinski definition) is 1. The molecule has 1 aromatic heterocycles. The molecule has 1 aromatic carbocycles. The van der Waals surface area contributed by atoms with Crippen LogP contribution in [-0.4, -0.2) is 26.5 Å². The number of benzene rings is 1. The van der Waals surface area contributed by atoms with Gasteiger partial charge in [0, 0.05) is 4.47 Å². The highest BCUT2D eigenvalue weighted by Gasteiger charge is 2.27. The topological polar surface area (TPSA) is 85.4 Å². The molecule has 1 N–H and O–H groups in total. The molecule has 0 radical (unpaired) electrons. The average molecular weight is 391 g/mol. The molecule has 2 aromatic rings. The number of thiazole rings is 1. The number of nitrogens with zero attached hydrogens (tertiary/aromatic N) is 1. The summed E-state index contributed by atoms with van der Waals surface area (Å²) in [5.74, 6) is -0.792. The van der Waals surface area contributed by atoms with E-state index >= 15 is 0 Å². The van der Waals surface area contributed by atoms with E-state index in [-0.39, 0.29) is 9.90 Å². The Bertz CT molecular complexity index is 786. The Morgan fingerprint density at radius 2 is 2.14 bits per heavy atom. The summed E-state index contributed by atoms with van der Waals surface area (Å²) in [6.45, 7) is 1.89. The number of ether oxygens (including phenoxy) is 1. The Morgan fingerprint density at radius 1 is 1.43 bits per heavy atom. The monoisotopic (exact) mass is 390 g/mol. The number of aromatic nitrogens is 1. The van der Waals surface area contributed by atoms with Crippen molar-refractivity contribution in [2.75, 3.05) is 11.8 Å². The summed E-state index contributed by atoms with van der Waals surface area (Å²) in [6.07, 6.45) is 0. The van der Waals surface area contributed by atoms with Crippen LogP contribution in [0.1, 0.15) is 16.1 Å². The van der Waals surface area contributed by atoms with E-state index < -0.39 is 16.0 Å². The van der Waals surface area contributed by atoms with Gasteiger partial charge in [-0.2, -0.15) is 0 Å². The van der Waals surface area contributed by atoms with Gasteiger partial charge in [-0.1, -0.05) is 6.07 Å². The maximum absolute atomic E-state index is 12.4. The highest BCUT2D eigenvalue weighted by Crippen LogP contribution is 2.28. The molecule has 21 heavy (non-hydrogen) atoms. The van der Waals surface area contributed by atoms with Gasteiger partial charge in [0.25, 0.3) is 10.0 Å². The van der Waals surface area contributed by atoms with E-state index in [1.165, 1.54) is 12.6 Å². The number of hydrogen-bond acceptors (Lipinski definition) is 6. The maximum Gasteiger partial charge on any atom is 0.358 e. The van der Waals surface area contributed by atoms with Gasteiger partial charge >= 0.3 is 5.97 Å². The zero-order valence-corrected chi connectivity index (χ0v) is 14.3. The normalized spacial score (nSPS) is 11.2. The zero-order chi connectivity index (χ0) is 15.6. The summed E-state index contributed by atoms with van der Waals surface area (Å²) >= 11 is 4.14. The molecular formula is C12H11BrN2O4S2. The fourth-order valence-electron chi connectivity index (χ4n) is 1.55. The molecule has 0 aliphatic carbocycles. The Hall–Kier alpha value is -1.45. The van der Waals surface area contributed by atoms with Crippen LogP contribution < -0.4 is 4.72 Å². The fraction of sp³-hybridized carbons (Fsp3) is 0.167. The number of carbonyl (C=O) groups excluding carboxylic acids is 1. The summed E-state index contributed by atoms with van der Waals surface area (Å²) < 4.78 is 32.1. The maximum atomic E-state index is 12.4. The number of anilines is 1. The van der Waals surface area contributed by atoms with Crippen LogP contribution in [-0.2, 0) is 14.8 Å². The van der Waals surface area contributed by atoms with Crippen molar-refractivity contribution in [2.45, 2.75) is 11.1 Å². The van der Waals surface area contributed by atoms with Gasteiger partial charge in [0.15, 0.2) is 9.90 Å². The quantitative estimate of drug-likeness (QED) is 0.811. The first-order valence-corrected chi connectivity index (χ1v) is 8.81. The van der Waals surface area contributed by atoms with E-state index in [1.807, 2.05) is 6.92 Å². The summed E-state index contributed by atoms with van der Waals surface area (Å²) in [4.78, 5) is 15.3. The summed E-state index contributed by atoms with van der Waals surface area (Å²) in [5.41, 5.74) is 2.42. The van der Waals surface area contributed by atoms with E-state index in [4.69, 9.17) is 0 Å². The van der Waals surface area contributed by atoms with Crippen LogP contribution in [0.25, 0.3) is 0 Å². The van der Waals surface area contributed by atoms with Gasteiger partial charge in [-0.05, 0) is 40.5 Å². The van der Waals surface area contributed by atoms with Gasteiger partial charge in [0.2, 0.25) is 0 Å². The first-order chi connectivity index (χ1) is 9.85. The molecule has 0 amide bonds. The lowest BCUT2D eigenvalue weighted by Crippen LogP contribution is -2.16. The number of halogens is 1. The van der Waals surface area contributed by atoms with Crippen LogP contribution in [0.5, 0.6) is 0 Å². The van der Waals surface area contributed by atoms with E-state index in [0.29, 0.717) is 10.2 Å². The summed E-state index contributed by atoms with van der Waals surface area (Å²) in [7, 11) is -2.75. The molecule has 0 saturated heterocycles. The second kappa shape index (κ2) is 6.12. The van der Waals surface area contributed by atoms with Crippen molar-refractivity contribution >= 4 is 48.9 Å². The predicted molar refractivity (Wildman–Crippen MR) is 83.1 cm³/mol. The molecule has 0 bridgehead atoms. The minimum absolute atomic E-state index is 0.179. The molecule has 112 valence electrons.